The van der Waals surface area contributed by atoms with E-state index in [-0.39, 0.29) is 10.1 Å². The lowest BCUT2D eigenvalue weighted by Gasteiger charge is -2.32. The highest BCUT2D eigenvalue weighted by Crippen LogP contribution is 2.34. The van der Waals surface area contributed by atoms with Crippen molar-refractivity contribution >= 4 is 55.3 Å². The van der Waals surface area contributed by atoms with Crippen molar-refractivity contribution in [3.63, 3.8) is 0 Å². The summed E-state index contributed by atoms with van der Waals surface area (Å²) in [6.45, 7) is 4.77. The minimum absolute atomic E-state index is 0.148. The molecule has 2 aromatic heterocycles. The van der Waals surface area contributed by atoms with Crippen molar-refractivity contribution in [1.82, 2.24) is 9.29 Å². The van der Waals surface area contributed by atoms with Crippen LogP contribution in [0.4, 0.5) is 5.13 Å². The van der Waals surface area contributed by atoms with E-state index in [0.29, 0.717) is 35.5 Å². The van der Waals surface area contributed by atoms with E-state index >= 15 is 0 Å². The molecule has 7 nitrogen and oxygen atoms in total. The number of thiophene rings is 1. The first-order chi connectivity index (χ1) is 15.8. The van der Waals surface area contributed by atoms with Crippen molar-refractivity contribution in [3.8, 4) is 17.0 Å². The SMILES string of the molecule is CCOc1ccc(-c2nc(NC(=O)C3CCCCN3S(=O)(=O)c3ccc(Cl)s3)sc2C)cc1. The standard InChI is InChI=1S/C22H24ClN3O4S3/c1-3-30-16-9-7-15(8-10-16)20-14(2)31-22(24-20)25-21(27)17-6-4-5-13-26(17)33(28,29)19-12-11-18(23)32-19/h7-12,17H,3-6,13H2,1-2H3,(H,24,25,27). The van der Waals surface area contributed by atoms with Crippen LogP contribution < -0.4 is 10.1 Å². The lowest BCUT2D eigenvalue weighted by molar-refractivity contribution is -0.120. The molecule has 1 N–H and O–H groups in total. The Morgan fingerprint density at radius 1 is 1.21 bits per heavy atom. The van der Waals surface area contributed by atoms with Crippen molar-refractivity contribution in [1.29, 1.82) is 0 Å². The number of hydrogen-bond donors (Lipinski definition) is 1. The van der Waals surface area contributed by atoms with Crippen molar-refractivity contribution in [3.05, 3.63) is 45.6 Å². The van der Waals surface area contributed by atoms with Gasteiger partial charge in [0, 0.05) is 17.0 Å². The summed E-state index contributed by atoms with van der Waals surface area (Å²) >= 11 is 8.31. The minimum Gasteiger partial charge on any atom is -0.494 e. The first kappa shape index (κ1) is 24.2. The van der Waals surface area contributed by atoms with Crippen molar-refractivity contribution in [2.45, 2.75) is 43.4 Å². The molecule has 1 atom stereocenters. The highest BCUT2D eigenvalue weighted by molar-refractivity contribution is 7.91. The quantitative estimate of drug-likeness (QED) is 0.445. The number of piperidine rings is 1. The summed E-state index contributed by atoms with van der Waals surface area (Å²) in [7, 11) is -3.80. The molecular formula is C22H24ClN3O4S3. The van der Waals surface area contributed by atoms with Crippen LogP contribution in [0, 0.1) is 6.92 Å². The number of aryl methyl sites for hydroxylation is 1. The van der Waals surface area contributed by atoms with Gasteiger partial charge in [-0.15, -0.1) is 22.7 Å². The number of hydrogen-bond acceptors (Lipinski definition) is 7. The van der Waals surface area contributed by atoms with Gasteiger partial charge in [0.05, 0.1) is 16.6 Å². The van der Waals surface area contributed by atoms with Crippen molar-refractivity contribution in [2.75, 3.05) is 18.5 Å². The maximum atomic E-state index is 13.2. The summed E-state index contributed by atoms with van der Waals surface area (Å²) in [5.74, 6) is 0.418. The first-order valence-electron chi connectivity index (χ1n) is 10.6. The summed E-state index contributed by atoms with van der Waals surface area (Å²) in [6.07, 6.45) is 1.95. The number of anilines is 1. The van der Waals surface area contributed by atoms with Crippen molar-refractivity contribution in [2.24, 2.45) is 0 Å². The van der Waals surface area contributed by atoms with Crippen LogP contribution in [0.5, 0.6) is 5.75 Å². The summed E-state index contributed by atoms with van der Waals surface area (Å²) in [5, 5.41) is 3.30. The van der Waals surface area contributed by atoms with E-state index in [1.807, 2.05) is 38.1 Å². The zero-order valence-corrected chi connectivity index (χ0v) is 21.4. The van der Waals surface area contributed by atoms with Crippen LogP contribution in [0.2, 0.25) is 4.34 Å². The van der Waals surface area contributed by atoms with E-state index in [4.69, 9.17) is 16.3 Å². The van der Waals surface area contributed by atoms with E-state index in [1.165, 1.54) is 21.7 Å². The third-order valence-corrected chi connectivity index (χ3v) is 9.83. The molecule has 0 spiro atoms. The van der Waals surface area contributed by atoms with E-state index < -0.39 is 16.1 Å². The second-order valence-corrected chi connectivity index (χ2v) is 12.6. The number of thiazole rings is 1. The van der Waals surface area contributed by atoms with Gasteiger partial charge in [0.1, 0.15) is 16.0 Å². The van der Waals surface area contributed by atoms with E-state index in [9.17, 15) is 13.2 Å². The molecule has 4 rings (SSSR count). The lowest BCUT2D eigenvalue weighted by atomic mass is 10.0. The smallest absolute Gasteiger partial charge is 0.253 e. The van der Waals surface area contributed by atoms with Crippen LogP contribution in [-0.2, 0) is 14.8 Å². The fourth-order valence-electron chi connectivity index (χ4n) is 3.79. The Balaban J connectivity index is 1.53. The van der Waals surface area contributed by atoms with Crippen LogP contribution in [0.1, 0.15) is 31.1 Å². The molecule has 0 bridgehead atoms. The summed E-state index contributed by atoms with van der Waals surface area (Å²) in [6, 6.07) is 9.89. The predicted octanol–water partition coefficient (Wildman–Crippen LogP) is 5.41. The number of nitrogens with one attached hydrogen (secondary N) is 1. The predicted molar refractivity (Wildman–Crippen MR) is 133 cm³/mol. The van der Waals surface area contributed by atoms with Gasteiger partial charge in [0.15, 0.2) is 5.13 Å². The molecule has 3 aromatic rings. The fraction of sp³-hybridized carbons (Fsp3) is 0.364. The fourth-order valence-corrected chi connectivity index (χ4v) is 7.90. The minimum atomic E-state index is -3.80. The maximum absolute atomic E-state index is 13.2. The molecule has 1 unspecified atom stereocenters. The molecule has 1 amide bonds. The van der Waals surface area contributed by atoms with Gasteiger partial charge < -0.3 is 10.1 Å². The molecule has 1 saturated heterocycles. The molecule has 1 fully saturated rings. The highest BCUT2D eigenvalue weighted by Gasteiger charge is 2.38. The number of nitrogens with zero attached hydrogens (tertiary/aromatic N) is 2. The first-order valence-corrected chi connectivity index (χ1v) is 14.0. The van der Waals surface area contributed by atoms with E-state index in [0.717, 1.165) is 39.6 Å². The van der Waals surface area contributed by atoms with Gasteiger partial charge in [-0.05, 0) is 63.1 Å². The van der Waals surface area contributed by atoms with Gasteiger partial charge in [-0.25, -0.2) is 13.4 Å². The van der Waals surface area contributed by atoms with Gasteiger partial charge >= 0.3 is 0 Å². The number of ether oxygens (including phenoxy) is 1. The molecule has 0 saturated carbocycles. The number of carbonyl (C=O) groups is 1. The number of benzene rings is 1. The van der Waals surface area contributed by atoms with Crippen LogP contribution in [0.3, 0.4) is 0 Å². The summed E-state index contributed by atoms with van der Waals surface area (Å²) in [4.78, 5) is 18.7. The Morgan fingerprint density at radius 3 is 2.64 bits per heavy atom. The second kappa shape index (κ2) is 10.1. The zero-order chi connectivity index (χ0) is 23.6. The average molecular weight is 526 g/mol. The Bertz CT molecular complexity index is 1240. The van der Waals surface area contributed by atoms with Crippen molar-refractivity contribution < 1.29 is 17.9 Å². The number of aromatic nitrogens is 1. The third kappa shape index (κ3) is 5.25. The van der Waals surface area contributed by atoms with E-state index in [2.05, 4.69) is 10.3 Å². The zero-order valence-electron chi connectivity index (χ0n) is 18.2. The molecule has 1 aromatic carbocycles. The third-order valence-electron chi connectivity index (χ3n) is 5.33. The highest BCUT2D eigenvalue weighted by atomic mass is 35.5. The average Bonchev–Trinajstić information content (AvgIpc) is 3.40. The number of amides is 1. The topological polar surface area (TPSA) is 88.6 Å². The van der Waals surface area contributed by atoms with Gasteiger partial charge in [0.25, 0.3) is 10.0 Å². The maximum Gasteiger partial charge on any atom is 0.253 e. The van der Waals surface area contributed by atoms with Crippen LogP contribution in [0.15, 0.2) is 40.6 Å². The Kier molecular flexibility index (Phi) is 7.40. The molecule has 1 aliphatic heterocycles. The van der Waals surface area contributed by atoms with Crippen LogP contribution in [-0.4, -0.2) is 42.8 Å². The van der Waals surface area contributed by atoms with Crippen LogP contribution >= 0.6 is 34.3 Å². The van der Waals surface area contributed by atoms with E-state index in [1.54, 1.807) is 6.07 Å². The van der Waals surface area contributed by atoms with Gasteiger partial charge in [-0.3, -0.25) is 4.79 Å². The number of halogens is 1. The second-order valence-electron chi connectivity index (χ2n) is 7.56. The molecule has 3 heterocycles. The largest absolute Gasteiger partial charge is 0.494 e. The number of sulfonamides is 1. The van der Waals surface area contributed by atoms with Gasteiger partial charge in [-0.2, -0.15) is 4.31 Å². The van der Waals surface area contributed by atoms with Gasteiger partial charge in [-0.1, -0.05) is 18.0 Å². The molecule has 176 valence electrons. The summed E-state index contributed by atoms with van der Waals surface area (Å²) in [5.41, 5.74) is 1.70. The Morgan fingerprint density at radius 2 is 1.97 bits per heavy atom. The number of rotatable bonds is 7. The molecule has 1 aliphatic rings. The monoisotopic (exact) mass is 525 g/mol. The molecule has 0 aliphatic carbocycles. The summed E-state index contributed by atoms with van der Waals surface area (Å²) < 4.78 is 33.6. The normalized spacial score (nSPS) is 17.1. The molecular weight excluding hydrogens is 502 g/mol. The molecule has 11 heteroatoms. The Hall–Kier alpha value is -1.98. The molecule has 0 radical (unpaired) electrons. The lowest BCUT2D eigenvalue weighted by Crippen LogP contribution is -2.49. The number of carbonyl (C=O) groups excluding carboxylic acids is 1. The molecule has 33 heavy (non-hydrogen) atoms. The van der Waals surface area contributed by atoms with Crippen LogP contribution in [0.25, 0.3) is 11.3 Å². The van der Waals surface area contributed by atoms with Gasteiger partial charge in [0.2, 0.25) is 5.91 Å². The Labute approximate surface area is 206 Å².